The largest absolute Gasteiger partial charge is 0.295 e. The molecule has 33 heavy (non-hydrogen) atoms. The second-order valence-electron chi connectivity index (χ2n) is 13.0. The first-order valence-electron chi connectivity index (χ1n) is 12.8. The number of Topliss-reactive ketones (excluding diaryl/α,β-unsaturated/α-hetero) is 1. The van der Waals surface area contributed by atoms with Gasteiger partial charge in [-0.05, 0) is 79.6 Å². The molecule has 0 radical (unpaired) electrons. The zero-order valence-electron chi connectivity index (χ0n) is 20.7. The molecular weight excluding hydrogens is 408 g/mol. The number of carbonyl (C=O) groups is 2. The van der Waals surface area contributed by atoms with Crippen molar-refractivity contribution in [3.05, 3.63) is 23.3 Å². The Balaban J connectivity index is 1.64. The van der Waals surface area contributed by atoms with Crippen LogP contribution in [0.3, 0.4) is 0 Å². The van der Waals surface area contributed by atoms with Crippen LogP contribution >= 0.6 is 0 Å². The lowest BCUT2D eigenvalue weighted by molar-refractivity contribution is -0.140. The summed E-state index contributed by atoms with van der Waals surface area (Å²) >= 11 is 0. The summed E-state index contributed by atoms with van der Waals surface area (Å²) in [6.07, 6.45) is 10.4. The Labute approximate surface area is 198 Å². The molecule has 0 aromatic heterocycles. The quantitative estimate of drug-likeness (QED) is 0.462. The maximum absolute atomic E-state index is 13.9. The van der Waals surface area contributed by atoms with Crippen molar-refractivity contribution in [1.82, 2.24) is 0 Å². The highest BCUT2D eigenvalue weighted by Crippen LogP contribution is 2.69. The zero-order chi connectivity index (χ0) is 24.0. The number of rotatable bonds is 0. The Morgan fingerprint density at radius 3 is 2.30 bits per heavy atom. The van der Waals surface area contributed by atoms with Crippen molar-refractivity contribution in [2.75, 3.05) is 0 Å². The number of hydrogen-bond donors (Lipinski definition) is 0. The van der Waals surface area contributed by atoms with Gasteiger partial charge in [0.05, 0.1) is 17.1 Å². The standard InChI is InChI=1S/C29H36N2O2/c1-17-19-6-8-27(4)20-7-9-29(16-31)11-10-26(2,3)14-21(29)24(20)22(32)12-23(27)28(19,5)13-18(15-30)25(17)33/h12-13,17,19-21,24H,6-11,14H2,1-5H3/t17-,19?,20?,21?,24?,27?,28?,29?/m1/s1. The predicted octanol–water partition coefficient (Wildman–Crippen LogP) is 5.95. The van der Waals surface area contributed by atoms with Crippen molar-refractivity contribution in [2.24, 2.45) is 51.2 Å². The van der Waals surface area contributed by atoms with E-state index in [4.69, 9.17) is 0 Å². The molecule has 5 aliphatic rings. The molecule has 174 valence electrons. The zero-order valence-corrected chi connectivity index (χ0v) is 20.7. The van der Waals surface area contributed by atoms with Crippen LogP contribution < -0.4 is 0 Å². The summed E-state index contributed by atoms with van der Waals surface area (Å²) in [5.41, 5.74) is 0.609. The molecule has 0 saturated heterocycles. The van der Waals surface area contributed by atoms with Gasteiger partial charge in [0.25, 0.3) is 0 Å². The highest BCUT2D eigenvalue weighted by atomic mass is 16.1. The number of fused-ring (bicyclic) bond motifs is 7. The van der Waals surface area contributed by atoms with Gasteiger partial charge >= 0.3 is 0 Å². The van der Waals surface area contributed by atoms with Crippen LogP contribution in [0.2, 0.25) is 0 Å². The van der Waals surface area contributed by atoms with E-state index in [1.54, 1.807) is 0 Å². The summed E-state index contributed by atoms with van der Waals surface area (Å²) in [6, 6.07) is 4.86. The lowest BCUT2D eigenvalue weighted by Crippen LogP contribution is -2.59. The minimum Gasteiger partial charge on any atom is -0.295 e. The Morgan fingerprint density at radius 1 is 0.939 bits per heavy atom. The predicted molar refractivity (Wildman–Crippen MR) is 125 cm³/mol. The molecule has 0 amide bonds. The third-order valence-corrected chi connectivity index (χ3v) is 10.9. The molecule has 5 aliphatic carbocycles. The van der Waals surface area contributed by atoms with Crippen LogP contribution in [0.25, 0.3) is 0 Å². The summed E-state index contributed by atoms with van der Waals surface area (Å²) in [4.78, 5) is 26.7. The van der Waals surface area contributed by atoms with Crippen LogP contribution in [-0.4, -0.2) is 11.6 Å². The fraction of sp³-hybridized carbons (Fsp3) is 0.724. The summed E-state index contributed by atoms with van der Waals surface area (Å²) in [6.45, 7) is 11.0. The van der Waals surface area contributed by atoms with Gasteiger partial charge in [-0.15, -0.1) is 0 Å². The van der Waals surface area contributed by atoms with E-state index in [0.717, 1.165) is 50.5 Å². The van der Waals surface area contributed by atoms with Crippen molar-refractivity contribution < 1.29 is 9.59 Å². The highest BCUT2D eigenvalue weighted by molar-refractivity contribution is 6.02. The average molecular weight is 445 g/mol. The van der Waals surface area contributed by atoms with Crippen LogP contribution in [0.15, 0.2) is 23.3 Å². The molecule has 0 N–H and O–H groups in total. The first-order chi connectivity index (χ1) is 15.4. The van der Waals surface area contributed by atoms with Crippen LogP contribution in [0.4, 0.5) is 0 Å². The summed E-state index contributed by atoms with van der Waals surface area (Å²) in [5, 5.41) is 19.9. The average Bonchev–Trinajstić information content (AvgIpc) is 2.77. The van der Waals surface area contributed by atoms with Gasteiger partial charge in [0, 0.05) is 17.3 Å². The van der Waals surface area contributed by atoms with E-state index in [0.29, 0.717) is 0 Å². The molecule has 4 nitrogen and oxygen atoms in total. The Hall–Kier alpha value is -2.20. The van der Waals surface area contributed by atoms with E-state index in [-0.39, 0.29) is 63.0 Å². The Morgan fingerprint density at radius 2 is 1.64 bits per heavy atom. The third-order valence-electron chi connectivity index (χ3n) is 10.9. The smallest absolute Gasteiger partial charge is 0.176 e. The minimum atomic E-state index is -0.443. The molecule has 0 bridgehead atoms. The molecule has 0 aromatic carbocycles. The molecule has 7 unspecified atom stereocenters. The molecule has 8 atom stereocenters. The maximum atomic E-state index is 13.9. The first kappa shape index (κ1) is 22.6. The van der Waals surface area contributed by atoms with Gasteiger partial charge < -0.3 is 0 Å². The van der Waals surface area contributed by atoms with E-state index >= 15 is 0 Å². The van der Waals surface area contributed by atoms with E-state index < -0.39 is 5.41 Å². The van der Waals surface area contributed by atoms with Crippen LogP contribution in [0.5, 0.6) is 0 Å². The highest BCUT2D eigenvalue weighted by Gasteiger charge is 2.64. The van der Waals surface area contributed by atoms with Gasteiger partial charge in [-0.3, -0.25) is 9.59 Å². The lowest BCUT2D eigenvalue weighted by atomic mass is 9.39. The van der Waals surface area contributed by atoms with Crippen LogP contribution in [0, 0.1) is 73.9 Å². The summed E-state index contributed by atoms with van der Waals surface area (Å²) < 4.78 is 0. The molecule has 0 spiro atoms. The number of hydrogen-bond acceptors (Lipinski definition) is 4. The second-order valence-corrected chi connectivity index (χ2v) is 13.0. The molecule has 3 fully saturated rings. The Kier molecular flexibility index (Phi) is 4.73. The van der Waals surface area contributed by atoms with Crippen LogP contribution in [-0.2, 0) is 9.59 Å². The van der Waals surface area contributed by atoms with Crippen molar-refractivity contribution in [3.63, 3.8) is 0 Å². The fourth-order valence-corrected chi connectivity index (χ4v) is 9.09. The van der Waals surface area contributed by atoms with Crippen molar-refractivity contribution in [3.8, 4) is 12.1 Å². The van der Waals surface area contributed by atoms with Gasteiger partial charge in [0.15, 0.2) is 11.6 Å². The first-order valence-corrected chi connectivity index (χ1v) is 12.8. The minimum absolute atomic E-state index is 0.0508. The summed E-state index contributed by atoms with van der Waals surface area (Å²) in [5.74, 6) is 0.322. The molecule has 4 heteroatoms. The lowest BCUT2D eigenvalue weighted by Gasteiger charge is -2.63. The van der Waals surface area contributed by atoms with Gasteiger partial charge in [0.1, 0.15) is 6.07 Å². The molecular formula is C29H36N2O2. The number of carbonyl (C=O) groups excluding carboxylic acids is 2. The monoisotopic (exact) mass is 444 g/mol. The number of ketones is 2. The van der Waals surface area contributed by atoms with E-state index in [2.05, 4.69) is 39.8 Å². The van der Waals surface area contributed by atoms with E-state index in [1.165, 1.54) is 0 Å². The van der Waals surface area contributed by atoms with E-state index in [9.17, 15) is 20.1 Å². The molecule has 0 heterocycles. The number of nitriles is 2. The molecule has 3 saturated carbocycles. The maximum Gasteiger partial charge on any atom is 0.176 e. The SMILES string of the molecule is C[C@H]1C(=O)C(C#N)=CC2(C)C3=CC(=O)C4C5CC(C)(C)CCC5(C#N)CCC4C3(C)CCC12. The molecule has 0 aliphatic heterocycles. The van der Waals surface area contributed by atoms with Gasteiger partial charge in [0.2, 0.25) is 0 Å². The Bertz CT molecular complexity index is 1080. The van der Waals surface area contributed by atoms with Crippen LogP contribution in [0.1, 0.15) is 79.6 Å². The van der Waals surface area contributed by atoms with Crippen molar-refractivity contribution >= 4 is 11.6 Å². The molecule has 5 rings (SSSR count). The third kappa shape index (κ3) is 2.86. The molecule has 0 aromatic rings. The van der Waals surface area contributed by atoms with Gasteiger partial charge in [-0.25, -0.2) is 0 Å². The normalized spacial score (nSPS) is 48.0. The van der Waals surface area contributed by atoms with Crippen molar-refractivity contribution in [2.45, 2.75) is 79.6 Å². The van der Waals surface area contributed by atoms with E-state index in [1.807, 2.05) is 19.1 Å². The summed E-state index contributed by atoms with van der Waals surface area (Å²) in [7, 11) is 0. The topological polar surface area (TPSA) is 81.7 Å². The number of nitrogens with zero attached hydrogens (tertiary/aromatic N) is 2. The van der Waals surface area contributed by atoms with Gasteiger partial charge in [-0.1, -0.05) is 46.3 Å². The fourth-order valence-electron chi connectivity index (χ4n) is 9.09. The number of allylic oxidation sites excluding steroid dienone is 4. The van der Waals surface area contributed by atoms with Gasteiger partial charge in [-0.2, -0.15) is 10.5 Å². The van der Waals surface area contributed by atoms with Crippen molar-refractivity contribution in [1.29, 1.82) is 10.5 Å². The second kappa shape index (κ2) is 6.91.